The number of benzene rings is 1. The minimum atomic E-state index is -4.54. The van der Waals surface area contributed by atoms with Crippen molar-refractivity contribution in [3.63, 3.8) is 0 Å². The van der Waals surface area contributed by atoms with Gasteiger partial charge in [0.05, 0.1) is 0 Å². The molecule has 0 unspecified atom stereocenters. The minimum absolute atomic E-state index is 0.0648. The van der Waals surface area contributed by atoms with E-state index in [2.05, 4.69) is 15.3 Å². The highest BCUT2D eigenvalue weighted by atomic mass is 35.5. The van der Waals surface area contributed by atoms with Crippen LogP contribution in [-0.4, -0.2) is 16.5 Å². The van der Waals surface area contributed by atoms with Crippen molar-refractivity contribution in [2.24, 2.45) is 0 Å². The van der Waals surface area contributed by atoms with Crippen LogP contribution in [0.15, 0.2) is 30.3 Å². The standard InChI is InChI=1S/C14H13ClF3N3/c1-9-3-2-4-10(7-9)5-6-19-12-8-11(14(16,17)18)20-13(15)21-12/h2-4,7-8H,5-6H2,1H3,(H,19,20,21). The minimum Gasteiger partial charge on any atom is -0.370 e. The summed E-state index contributed by atoms with van der Waals surface area (Å²) in [6.45, 7) is 2.44. The highest BCUT2D eigenvalue weighted by Gasteiger charge is 2.33. The fourth-order valence-electron chi connectivity index (χ4n) is 1.86. The first-order valence-electron chi connectivity index (χ1n) is 6.26. The molecule has 7 heteroatoms. The zero-order chi connectivity index (χ0) is 15.5. The van der Waals surface area contributed by atoms with Crippen molar-refractivity contribution in [2.75, 3.05) is 11.9 Å². The van der Waals surface area contributed by atoms with Crippen LogP contribution in [0, 0.1) is 6.92 Å². The van der Waals surface area contributed by atoms with Gasteiger partial charge in [-0.05, 0) is 30.5 Å². The lowest BCUT2D eigenvalue weighted by molar-refractivity contribution is -0.141. The predicted molar refractivity (Wildman–Crippen MR) is 75.4 cm³/mol. The largest absolute Gasteiger partial charge is 0.433 e. The smallest absolute Gasteiger partial charge is 0.370 e. The molecule has 0 saturated carbocycles. The summed E-state index contributed by atoms with van der Waals surface area (Å²) in [5.41, 5.74) is 1.18. The Morgan fingerprint density at radius 2 is 1.95 bits per heavy atom. The summed E-state index contributed by atoms with van der Waals surface area (Å²) >= 11 is 5.51. The fourth-order valence-corrected chi connectivity index (χ4v) is 2.04. The quantitative estimate of drug-likeness (QED) is 0.863. The maximum absolute atomic E-state index is 12.6. The Morgan fingerprint density at radius 3 is 2.62 bits per heavy atom. The van der Waals surface area contributed by atoms with Gasteiger partial charge in [0.25, 0.3) is 0 Å². The molecule has 1 heterocycles. The van der Waals surface area contributed by atoms with Crippen molar-refractivity contribution in [3.8, 4) is 0 Å². The number of nitrogens with zero attached hydrogens (tertiary/aromatic N) is 2. The lowest BCUT2D eigenvalue weighted by Crippen LogP contribution is -2.12. The van der Waals surface area contributed by atoms with Crippen LogP contribution in [0.25, 0.3) is 0 Å². The van der Waals surface area contributed by atoms with E-state index in [1.54, 1.807) is 0 Å². The molecule has 0 amide bonds. The van der Waals surface area contributed by atoms with E-state index in [1.165, 1.54) is 0 Å². The number of hydrogen-bond acceptors (Lipinski definition) is 3. The molecule has 0 fully saturated rings. The summed E-state index contributed by atoms with van der Waals surface area (Å²) in [7, 11) is 0. The Kier molecular flexibility index (Phi) is 4.67. The van der Waals surface area contributed by atoms with Crippen LogP contribution in [0.2, 0.25) is 5.28 Å². The molecule has 0 aliphatic heterocycles. The summed E-state index contributed by atoms with van der Waals surface area (Å²) in [4.78, 5) is 6.91. The Hall–Kier alpha value is -1.82. The SMILES string of the molecule is Cc1cccc(CCNc2cc(C(F)(F)F)nc(Cl)n2)c1. The number of alkyl halides is 3. The maximum Gasteiger partial charge on any atom is 0.433 e. The van der Waals surface area contributed by atoms with Crippen molar-refractivity contribution < 1.29 is 13.2 Å². The summed E-state index contributed by atoms with van der Waals surface area (Å²) in [5.74, 6) is 0.0648. The van der Waals surface area contributed by atoms with E-state index < -0.39 is 17.2 Å². The average Bonchev–Trinajstić information content (AvgIpc) is 2.37. The van der Waals surface area contributed by atoms with Crippen LogP contribution in [0.4, 0.5) is 19.0 Å². The lowest BCUT2D eigenvalue weighted by Gasteiger charge is -2.10. The molecule has 0 spiro atoms. The van der Waals surface area contributed by atoms with Crippen LogP contribution in [0.1, 0.15) is 16.8 Å². The molecule has 112 valence electrons. The molecule has 21 heavy (non-hydrogen) atoms. The molecule has 0 bridgehead atoms. The number of aryl methyl sites for hydroxylation is 1. The van der Waals surface area contributed by atoms with E-state index >= 15 is 0 Å². The summed E-state index contributed by atoms with van der Waals surface area (Å²) in [5, 5.41) is 2.40. The maximum atomic E-state index is 12.6. The van der Waals surface area contributed by atoms with E-state index in [1.807, 2.05) is 31.2 Å². The molecular weight excluding hydrogens is 303 g/mol. The van der Waals surface area contributed by atoms with Crippen molar-refractivity contribution in [2.45, 2.75) is 19.5 Å². The fraction of sp³-hybridized carbons (Fsp3) is 0.286. The van der Waals surface area contributed by atoms with Gasteiger partial charge in [-0.3, -0.25) is 0 Å². The highest BCUT2D eigenvalue weighted by Crippen LogP contribution is 2.29. The number of nitrogens with one attached hydrogen (secondary N) is 1. The summed E-state index contributed by atoms with van der Waals surface area (Å²) in [6.07, 6.45) is -3.87. The molecule has 0 atom stereocenters. The van der Waals surface area contributed by atoms with Crippen molar-refractivity contribution in [1.29, 1.82) is 0 Å². The van der Waals surface area contributed by atoms with E-state index in [0.717, 1.165) is 17.2 Å². The van der Waals surface area contributed by atoms with Gasteiger partial charge in [0.15, 0.2) is 5.69 Å². The monoisotopic (exact) mass is 315 g/mol. The summed E-state index contributed by atoms with van der Waals surface area (Å²) < 4.78 is 37.8. The van der Waals surface area contributed by atoms with Gasteiger partial charge in [0, 0.05) is 12.6 Å². The molecule has 1 aromatic heterocycles. The van der Waals surface area contributed by atoms with Gasteiger partial charge in [-0.15, -0.1) is 0 Å². The number of rotatable bonds is 4. The first-order chi connectivity index (χ1) is 9.84. The third-order valence-electron chi connectivity index (χ3n) is 2.79. The Morgan fingerprint density at radius 1 is 1.19 bits per heavy atom. The van der Waals surface area contributed by atoms with Crippen LogP contribution >= 0.6 is 11.6 Å². The molecule has 2 rings (SSSR count). The summed E-state index contributed by atoms with van der Waals surface area (Å²) in [6, 6.07) is 8.76. The number of aromatic nitrogens is 2. The van der Waals surface area contributed by atoms with E-state index in [-0.39, 0.29) is 5.82 Å². The van der Waals surface area contributed by atoms with Crippen LogP contribution < -0.4 is 5.32 Å². The van der Waals surface area contributed by atoms with Crippen LogP contribution in [0.5, 0.6) is 0 Å². The Labute approximate surface area is 125 Å². The molecule has 2 aromatic rings. The van der Waals surface area contributed by atoms with E-state index in [4.69, 9.17) is 11.6 Å². The number of hydrogen-bond donors (Lipinski definition) is 1. The molecule has 0 radical (unpaired) electrons. The second-order valence-electron chi connectivity index (χ2n) is 4.57. The Bertz CT molecular complexity index is 629. The van der Waals surface area contributed by atoms with Crippen molar-refractivity contribution >= 4 is 17.4 Å². The second kappa shape index (κ2) is 6.30. The third kappa shape index (κ3) is 4.60. The third-order valence-corrected chi connectivity index (χ3v) is 2.96. The van der Waals surface area contributed by atoms with Crippen molar-refractivity contribution in [1.82, 2.24) is 9.97 Å². The first-order valence-corrected chi connectivity index (χ1v) is 6.63. The zero-order valence-corrected chi connectivity index (χ0v) is 12.0. The highest BCUT2D eigenvalue weighted by molar-refractivity contribution is 6.28. The topological polar surface area (TPSA) is 37.8 Å². The Balaban J connectivity index is 2.02. The zero-order valence-electron chi connectivity index (χ0n) is 11.2. The van der Waals surface area contributed by atoms with Crippen molar-refractivity contribution in [3.05, 3.63) is 52.4 Å². The van der Waals surface area contributed by atoms with Gasteiger partial charge in [-0.25, -0.2) is 9.97 Å². The number of anilines is 1. The van der Waals surface area contributed by atoms with E-state index in [9.17, 15) is 13.2 Å². The van der Waals surface area contributed by atoms with Gasteiger partial charge >= 0.3 is 6.18 Å². The van der Waals surface area contributed by atoms with Gasteiger partial charge in [-0.2, -0.15) is 13.2 Å². The van der Waals surface area contributed by atoms with Gasteiger partial charge < -0.3 is 5.32 Å². The van der Waals surface area contributed by atoms with Crippen LogP contribution in [0.3, 0.4) is 0 Å². The predicted octanol–water partition coefficient (Wildman–Crippen LogP) is 4.11. The molecule has 0 saturated heterocycles. The first kappa shape index (κ1) is 15.6. The number of halogens is 4. The van der Waals surface area contributed by atoms with Gasteiger partial charge in [0.1, 0.15) is 5.82 Å². The van der Waals surface area contributed by atoms with E-state index in [0.29, 0.717) is 13.0 Å². The molecule has 1 N–H and O–H groups in total. The van der Waals surface area contributed by atoms with Gasteiger partial charge in [0.2, 0.25) is 5.28 Å². The lowest BCUT2D eigenvalue weighted by atomic mass is 10.1. The normalized spacial score (nSPS) is 11.5. The second-order valence-corrected chi connectivity index (χ2v) is 4.91. The molecule has 0 aliphatic rings. The van der Waals surface area contributed by atoms with Gasteiger partial charge in [-0.1, -0.05) is 29.8 Å². The molecular formula is C14H13ClF3N3. The molecule has 0 aliphatic carbocycles. The molecule has 1 aromatic carbocycles. The average molecular weight is 316 g/mol. The molecule has 3 nitrogen and oxygen atoms in total. The van der Waals surface area contributed by atoms with Crippen LogP contribution in [-0.2, 0) is 12.6 Å².